The van der Waals surface area contributed by atoms with Gasteiger partial charge in [0.25, 0.3) is 5.91 Å². The third kappa shape index (κ3) is 3.23. The van der Waals surface area contributed by atoms with E-state index in [-0.39, 0.29) is 11.7 Å². The van der Waals surface area contributed by atoms with Crippen molar-refractivity contribution in [3.05, 3.63) is 70.9 Å². The van der Waals surface area contributed by atoms with Crippen LogP contribution in [-0.2, 0) is 6.54 Å². The number of aromatic nitrogens is 1. The third-order valence-electron chi connectivity index (χ3n) is 4.10. The number of amides is 1. The molecular formula is C20H15FN2O2S. The fourth-order valence-corrected chi connectivity index (χ4v) is 3.65. The molecule has 0 aliphatic carbocycles. The number of carbonyl (C=O) groups excluding carboxylic acids is 1. The number of methoxy groups -OCH3 is 1. The predicted molar refractivity (Wildman–Crippen MR) is 101 cm³/mol. The van der Waals surface area contributed by atoms with Crippen LogP contribution in [0.3, 0.4) is 0 Å². The second-order valence-corrected chi connectivity index (χ2v) is 6.89. The molecule has 2 aromatic heterocycles. The number of carbonyl (C=O) groups is 1. The molecule has 0 radical (unpaired) electrons. The topological polar surface area (TPSA) is 51.2 Å². The van der Waals surface area contributed by atoms with Gasteiger partial charge in [-0.05, 0) is 42.0 Å². The van der Waals surface area contributed by atoms with E-state index in [9.17, 15) is 9.18 Å². The van der Waals surface area contributed by atoms with Gasteiger partial charge in [-0.1, -0.05) is 12.1 Å². The SMILES string of the molecule is COc1ccc2cc3cc(C(=O)NCc4ccc(F)cc4)sc3nc2c1. The van der Waals surface area contributed by atoms with E-state index in [1.807, 2.05) is 30.3 Å². The number of fused-ring (bicyclic) bond motifs is 2. The van der Waals surface area contributed by atoms with Crippen LogP contribution in [0.15, 0.2) is 54.6 Å². The molecule has 2 heterocycles. The van der Waals surface area contributed by atoms with Crippen molar-refractivity contribution in [1.29, 1.82) is 0 Å². The molecule has 0 saturated carbocycles. The van der Waals surface area contributed by atoms with E-state index in [0.717, 1.165) is 32.4 Å². The molecule has 0 spiro atoms. The molecule has 2 aromatic carbocycles. The lowest BCUT2D eigenvalue weighted by Gasteiger charge is -2.03. The van der Waals surface area contributed by atoms with Crippen molar-refractivity contribution in [2.45, 2.75) is 6.54 Å². The Morgan fingerprint density at radius 2 is 1.92 bits per heavy atom. The van der Waals surface area contributed by atoms with Crippen LogP contribution in [0, 0.1) is 5.82 Å². The monoisotopic (exact) mass is 366 g/mol. The molecule has 6 heteroatoms. The van der Waals surface area contributed by atoms with Gasteiger partial charge in [-0.25, -0.2) is 9.37 Å². The summed E-state index contributed by atoms with van der Waals surface area (Å²) in [7, 11) is 1.62. The minimum absolute atomic E-state index is 0.168. The molecule has 0 fully saturated rings. The Morgan fingerprint density at radius 1 is 1.12 bits per heavy atom. The predicted octanol–water partition coefficient (Wildman–Crippen LogP) is 4.53. The van der Waals surface area contributed by atoms with Crippen molar-refractivity contribution in [3.63, 3.8) is 0 Å². The molecule has 4 aromatic rings. The van der Waals surface area contributed by atoms with Gasteiger partial charge in [0.05, 0.1) is 17.5 Å². The van der Waals surface area contributed by atoms with E-state index in [4.69, 9.17) is 4.74 Å². The molecular weight excluding hydrogens is 351 g/mol. The maximum absolute atomic E-state index is 12.9. The highest BCUT2D eigenvalue weighted by atomic mass is 32.1. The molecule has 26 heavy (non-hydrogen) atoms. The molecule has 0 saturated heterocycles. The molecule has 1 N–H and O–H groups in total. The zero-order chi connectivity index (χ0) is 18.1. The molecule has 4 rings (SSSR count). The van der Waals surface area contributed by atoms with Crippen LogP contribution in [0.2, 0.25) is 0 Å². The van der Waals surface area contributed by atoms with Crippen LogP contribution in [0.1, 0.15) is 15.2 Å². The van der Waals surface area contributed by atoms with Crippen molar-refractivity contribution < 1.29 is 13.9 Å². The summed E-state index contributed by atoms with van der Waals surface area (Å²) in [6.07, 6.45) is 0. The highest BCUT2D eigenvalue weighted by Gasteiger charge is 2.12. The number of halogens is 1. The highest BCUT2D eigenvalue weighted by molar-refractivity contribution is 7.20. The lowest BCUT2D eigenvalue weighted by molar-refractivity contribution is 0.0955. The summed E-state index contributed by atoms with van der Waals surface area (Å²) >= 11 is 1.35. The zero-order valence-corrected chi connectivity index (χ0v) is 14.8. The molecule has 0 unspecified atom stereocenters. The first-order valence-electron chi connectivity index (χ1n) is 8.03. The average molecular weight is 366 g/mol. The summed E-state index contributed by atoms with van der Waals surface area (Å²) in [5.74, 6) is 0.288. The van der Waals surface area contributed by atoms with Gasteiger partial charge in [0.15, 0.2) is 0 Å². The largest absolute Gasteiger partial charge is 0.497 e. The Kier molecular flexibility index (Phi) is 4.26. The van der Waals surface area contributed by atoms with E-state index in [1.54, 1.807) is 19.2 Å². The number of nitrogens with one attached hydrogen (secondary N) is 1. The Hall–Kier alpha value is -2.99. The molecule has 0 aliphatic heterocycles. The molecule has 0 aliphatic rings. The van der Waals surface area contributed by atoms with Gasteiger partial charge in [-0.3, -0.25) is 4.79 Å². The lowest BCUT2D eigenvalue weighted by atomic mass is 10.2. The zero-order valence-electron chi connectivity index (χ0n) is 14.0. The van der Waals surface area contributed by atoms with Gasteiger partial charge in [0.1, 0.15) is 16.4 Å². The summed E-state index contributed by atoms with van der Waals surface area (Å²) < 4.78 is 18.2. The lowest BCUT2D eigenvalue weighted by Crippen LogP contribution is -2.21. The van der Waals surface area contributed by atoms with E-state index < -0.39 is 0 Å². The standard InChI is InChI=1S/C20H15FN2O2S/c1-25-16-7-4-13-8-14-9-18(26-20(14)23-17(13)10-16)19(24)22-11-12-2-5-15(21)6-3-12/h2-10H,11H2,1H3,(H,22,24). The number of rotatable bonds is 4. The van der Waals surface area contributed by atoms with Crippen molar-refractivity contribution >= 4 is 38.4 Å². The maximum Gasteiger partial charge on any atom is 0.261 e. The number of ether oxygens (including phenoxy) is 1. The second-order valence-electron chi connectivity index (χ2n) is 5.86. The number of thiophene rings is 1. The van der Waals surface area contributed by atoms with Gasteiger partial charge >= 0.3 is 0 Å². The Balaban J connectivity index is 1.58. The Morgan fingerprint density at radius 3 is 2.69 bits per heavy atom. The Bertz CT molecular complexity index is 1110. The van der Waals surface area contributed by atoms with Crippen LogP contribution >= 0.6 is 11.3 Å². The fraction of sp³-hybridized carbons (Fsp3) is 0.100. The first-order chi connectivity index (χ1) is 12.6. The molecule has 4 nitrogen and oxygen atoms in total. The maximum atomic E-state index is 12.9. The summed E-state index contributed by atoms with van der Waals surface area (Å²) in [5.41, 5.74) is 1.67. The summed E-state index contributed by atoms with van der Waals surface area (Å²) in [6.45, 7) is 0.347. The van der Waals surface area contributed by atoms with E-state index in [2.05, 4.69) is 10.3 Å². The van der Waals surface area contributed by atoms with Crippen molar-refractivity contribution in [3.8, 4) is 5.75 Å². The van der Waals surface area contributed by atoms with Gasteiger partial charge in [-0.15, -0.1) is 11.3 Å². The van der Waals surface area contributed by atoms with Crippen molar-refractivity contribution in [2.75, 3.05) is 7.11 Å². The number of benzene rings is 2. The van der Waals surface area contributed by atoms with Crippen LogP contribution in [0.4, 0.5) is 4.39 Å². The van der Waals surface area contributed by atoms with Crippen LogP contribution in [-0.4, -0.2) is 18.0 Å². The van der Waals surface area contributed by atoms with Crippen molar-refractivity contribution in [2.24, 2.45) is 0 Å². The van der Waals surface area contributed by atoms with Gasteiger partial charge in [0.2, 0.25) is 0 Å². The molecule has 1 amide bonds. The summed E-state index contributed by atoms with van der Waals surface area (Å²) in [5, 5.41) is 4.78. The van der Waals surface area contributed by atoms with E-state index in [0.29, 0.717) is 11.4 Å². The van der Waals surface area contributed by atoms with Gasteiger partial charge in [-0.2, -0.15) is 0 Å². The molecule has 0 atom stereocenters. The van der Waals surface area contributed by atoms with E-state index in [1.165, 1.54) is 23.5 Å². The minimum atomic E-state index is -0.292. The molecule has 0 bridgehead atoms. The van der Waals surface area contributed by atoms with Crippen LogP contribution < -0.4 is 10.1 Å². The highest BCUT2D eigenvalue weighted by Crippen LogP contribution is 2.29. The fourth-order valence-electron chi connectivity index (χ4n) is 2.72. The van der Waals surface area contributed by atoms with Gasteiger partial charge < -0.3 is 10.1 Å². The van der Waals surface area contributed by atoms with Crippen LogP contribution in [0.5, 0.6) is 5.75 Å². The number of hydrogen-bond donors (Lipinski definition) is 1. The first kappa shape index (κ1) is 16.5. The summed E-state index contributed by atoms with van der Waals surface area (Å²) in [6, 6.07) is 15.6. The quantitative estimate of drug-likeness (QED) is 0.577. The summed E-state index contributed by atoms with van der Waals surface area (Å²) in [4.78, 5) is 18.5. The Labute approximate surface area is 153 Å². The first-order valence-corrected chi connectivity index (χ1v) is 8.85. The van der Waals surface area contributed by atoms with E-state index >= 15 is 0 Å². The third-order valence-corrected chi connectivity index (χ3v) is 5.14. The smallest absolute Gasteiger partial charge is 0.261 e. The van der Waals surface area contributed by atoms with Crippen molar-refractivity contribution in [1.82, 2.24) is 10.3 Å². The average Bonchev–Trinajstić information content (AvgIpc) is 3.08. The number of pyridine rings is 1. The minimum Gasteiger partial charge on any atom is -0.497 e. The second kappa shape index (κ2) is 6.72. The normalized spacial score (nSPS) is 11.0. The number of hydrogen-bond acceptors (Lipinski definition) is 4. The molecule has 130 valence electrons. The van der Waals surface area contributed by atoms with Crippen LogP contribution in [0.25, 0.3) is 21.1 Å². The van der Waals surface area contributed by atoms with Gasteiger partial charge in [0, 0.05) is 23.4 Å². The number of nitrogens with zero attached hydrogens (tertiary/aromatic N) is 1.